The van der Waals surface area contributed by atoms with Crippen LogP contribution in [-0.4, -0.2) is 30.6 Å². The van der Waals surface area contributed by atoms with Gasteiger partial charge in [0.15, 0.2) is 0 Å². The molecule has 0 aliphatic carbocycles. The molecule has 120 valence electrons. The van der Waals surface area contributed by atoms with Gasteiger partial charge in [-0.15, -0.1) is 0 Å². The molecule has 1 unspecified atom stereocenters. The average Bonchev–Trinajstić information content (AvgIpc) is 3.02. The molecule has 1 saturated heterocycles. The molecule has 0 saturated carbocycles. The van der Waals surface area contributed by atoms with Crippen molar-refractivity contribution in [2.24, 2.45) is 5.41 Å². The van der Waals surface area contributed by atoms with Crippen LogP contribution >= 0.6 is 0 Å². The van der Waals surface area contributed by atoms with E-state index >= 15 is 0 Å². The Balaban J connectivity index is 2.32. The van der Waals surface area contributed by atoms with Crippen molar-refractivity contribution in [1.29, 1.82) is 0 Å². The molecule has 0 amide bonds. The smallest absolute Gasteiger partial charge is 0.318 e. The Labute approximate surface area is 127 Å². The first-order chi connectivity index (χ1) is 9.61. The summed E-state index contributed by atoms with van der Waals surface area (Å²) in [6, 6.07) is 0. The highest BCUT2D eigenvalue weighted by Gasteiger charge is 2.46. The number of Topliss-reactive ketones (excluding diaryl/α,β-unsaturated/α-hetero) is 1. The van der Waals surface area contributed by atoms with Gasteiger partial charge in [0.1, 0.15) is 11.2 Å². The number of allylic oxidation sites excluding steroid dienone is 2. The highest BCUT2D eigenvalue weighted by Crippen LogP contribution is 2.38. The molecule has 1 heterocycles. The maximum atomic E-state index is 12.1. The van der Waals surface area contributed by atoms with E-state index in [0.717, 1.165) is 12.8 Å². The molecule has 0 aromatic rings. The molecule has 1 aliphatic rings. The minimum absolute atomic E-state index is 0.0424. The molecule has 0 aromatic carbocycles. The minimum atomic E-state index is -1.05. The molecule has 0 spiro atoms. The molecule has 4 heteroatoms. The van der Waals surface area contributed by atoms with Crippen molar-refractivity contribution in [3.05, 3.63) is 11.6 Å². The second kappa shape index (κ2) is 6.73. The van der Waals surface area contributed by atoms with E-state index in [-0.39, 0.29) is 11.4 Å². The summed E-state index contributed by atoms with van der Waals surface area (Å²) in [5.41, 5.74) is 0.258. The van der Waals surface area contributed by atoms with Gasteiger partial charge in [-0.2, -0.15) is 0 Å². The molecule has 21 heavy (non-hydrogen) atoms. The topological polar surface area (TPSA) is 55.9 Å². The third-order valence-corrected chi connectivity index (χ3v) is 4.22. The van der Waals surface area contributed by atoms with Crippen molar-refractivity contribution >= 4 is 11.8 Å². The largest absolute Gasteiger partial charge is 0.468 e. The summed E-state index contributed by atoms with van der Waals surface area (Å²) in [5.74, 6) is -0.550. The molecule has 1 atom stereocenters. The summed E-state index contributed by atoms with van der Waals surface area (Å²) >= 11 is 0. The molecule has 0 aromatic heterocycles. The Bertz CT molecular complexity index is 432. The lowest BCUT2D eigenvalue weighted by Crippen LogP contribution is -2.34. The second-order valence-electron chi connectivity index (χ2n) is 6.88. The first kappa shape index (κ1) is 17.9. The highest BCUT2D eigenvalue weighted by molar-refractivity contribution is 6.02. The van der Waals surface area contributed by atoms with E-state index in [9.17, 15) is 9.59 Å². The van der Waals surface area contributed by atoms with E-state index in [0.29, 0.717) is 18.9 Å². The van der Waals surface area contributed by atoms with Gasteiger partial charge >= 0.3 is 5.97 Å². The van der Waals surface area contributed by atoms with Crippen molar-refractivity contribution in [3.63, 3.8) is 0 Å². The van der Waals surface area contributed by atoms with Crippen LogP contribution in [0.15, 0.2) is 11.6 Å². The van der Waals surface area contributed by atoms with Gasteiger partial charge in [0.2, 0.25) is 0 Å². The molecule has 1 fully saturated rings. The van der Waals surface area contributed by atoms with Crippen LogP contribution in [-0.2, 0) is 19.1 Å². The van der Waals surface area contributed by atoms with Crippen LogP contribution in [0.4, 0.5) is 0 Å². The number of esters is 1. The Morgan fingerprint density at radius 3 is 2.33 bits per heavy atom. The summed E-state index contributed by atoms with van der Waals surface area (Å²) in [5, 5.41) is 0. The van der Waals surface area contributed by atoms with Crippen LogP contribution in [0.5, 0.6) is 0 Å². The molecular weight excluding hydrogens is 268 g/mol. The van der Waals surface area contributed by atoms with Gasteiger partial charge in [0.05, 0.1) is 18.8 Å². The third-order valence-electron chi connectivity index (χ3n) is 4.22. The second-order valence-corrected chi connectivity index (χ2v) is 6.88. The van der Waals surface area contributed by atoms with E-state index in [1.807, 2.05) is 0 Å². The maximum Gasteiger partial charge on any atom is 0.318 e. The lowest BCUT2D eigenvalue weighted by Gasteiger charge is -2.19. The fourth-order valence-corrected chi connectivity index (χ4v) is 2.33. The molecule has 0 bridgehead atoms. The zero-order chi connectivity index (χ0) is 16.3. The van der Waals surface area contributed by atoms with Crippen molar-refractivity contribution < 1.29 is 19.1 Å². The van der Waals surface area contributed by atoms with Gasteiger partial charge in [-0.1, -0.05) is 11.6 Å². The zero-order valence-electron chi connectivity index (χ0n) is 14.1. The van der Waals surface area contributed by atoms with Crippen LogP contribution in [0, 0.1) is 5.41 Å². The molecule has 4 nitrogen and oxygen atoms in total. The van der Waals surface area contributed by atoms with Gasteiger partial charge < -0.3 is 9.47 Å². The maximum absolute atomic E-state index is 12.1. The van der Waals surface area contributed by atoms with Crippen molar-refractivity contribution in [2.75, 3.05) is 7.11 Å². The summed E-state index contributed by atoms with van der Waals surface area (Å²) in [4.78, 5) is 23.6. The van der Waals surface area contributed by atoms with E-state index < -0.39 is 11.4 Å². The SMILES string of the molecule is COC(=O)C(C)(C)C(=O)CCC=C(C)CCC1OC1(C)C. The number of epoxide rings is 1. The number of hydrogen-bond acceptors (Lipinski definition) is 4. The first-order valence-electron chi connectivity index (χ1n) is 7.56. The Kier molecular flexibility index (Phi) is 5.74. The zero-order valence-corrected chi connectivity index (χ0v) is 14.1. The summed E-state index contributed by atoms with van der Waals surface area (Å²) in [7, 11) is 1.31. The van der Waals surface area contributed by atoms with Gasteiger partial charge in [-0.05, 0) is 53.9 Å². The van der Waals surface area contributed by atoms with Gasteiger partial charge in [0.25, 0.3) is 0 Å². The van der Waals surface area contributed by atoms with Crippen molar-refractivity contribution in [1.82, 2.24) is 0 Å². The number of carbonyl (C=O) groups is 2. The van der Waals surface area contributed by atoms with Crippen molar-refractivity contribution in [2.45, 2.75) is 72.0 Å². The van der Waals surface area contributed by atoms with Gasteiger partial charge in [-0.25, -0.2) is 0 Å². The average molecular weight is 296 g/mol. The fourth-order valence-electron chi connectivity index (χ4n) is 2.33. The fraction of sp³-hybridized carbons (Fsp3) is 0.765. The third kappa shape index (κ3) is 4.95. The van der Waals surface area contributed by atoms with E-state index in [2.05, 4.69) is 31.6 Å². The Morgan fingerprint density at radius 1 is 1.29 bits per heavy atom. The molecular formula is C17H28O4. The molecule has 0 N–H and O–H groups in total. The lowest BCUT2D eigenvalue weighted by molar-refractivity contribution is -0.155. The van der Waals surface area contributed by atoms with Crippen molar-refractivity contribution in [3.8, 4) is 0 Å². The summed E-state index contributed by atoms with van der Waals surface area (Å²) in [6.07, 6.45) is 5.49. The van der Waals surface area contributed by atoms with Crippen LogP contribution in [0.2, 0.25) is 0 Å². The van der Waals surface area contributed by atoms with Crippen LogP contribution in [0.25, 0.3) is 0 Å². The number of carbonyl (C=O) groups excluding carboxylic acids is 2. The van der Waals surface area contributed by atoms with Gasteiger partial charge in [0, 0.05) is 6.42 Å². The Morgan fingerprint density at radius 2 is 1.86 bits per heavy atom. The predicted molar refractivity (Wildman–Crippen MR) is 82.0 cm³/mol. The quantitative estimate of drug-likeness (QED) is 0.298. The standard InChI is InChI=1S/C17H28O4/c1-12(10-11-14-17(4,5)21-14)8-7-9-13(18)16(2,3)15(19)20-6/h8,14H,7,9-11H2,1-6H3. The minimum Gasteiger partial charge on any atom is -0.468 e. The predicted octanol–water partition coefficient (Wildman–Crippen LogP) is 3.44. The van der Waals surface area contributed by atoms with E-state index in [4.69, 9.17) is 4.74 Å². The number of rotatable bonds is 8. The molecule has 1 rings (SSSR count). The monoisotopic (exact) mass is 296 g/mol. The number of hydrogen-bond donors (Lipinski definition) is 0. The van der Waals surface area contributed by atoms with E-state index in [1.165, 1.54) is 12.7 Å². The van der Waals surface area contributed by atoms with Crippen LogP contribution in [0.3, 0.4) is 0 Å². The summed E-state index contributed by atoms with van der Waals surface area (Å²) in [6.45, 7) is 9.51. The number of methoxy groups -OCH3 is 1. The van der Waals surface area contributed by atoms with Crippen LogP contribution < -0.4 is 0 Å². The van der Waals surface area contributed by atoms with Gasteiger partial charge in [-0.3, -0.25) is 9.59 Å². The Hall–Kier alpha value is -1.16. The number of ketones is 1. The van der Waals surface area contributed by atoms with E-state index in [1.54, 1.807) is 13.8 Å². The number of ether oxygens (including phenoxy) is 2. The highest BCUT2D eigenvalue weighted by atomic mass is 16.6. The first-order valence-corrected chi connectivity index (χ1v) is 7.56. The van der Waals surface area contributed by atoms with Crippen LogP contribution in [0.1, 0.15) is 60.3 Å². The molecule has 1 aliphatic heterocycles. The molecule has 0 radical (unpaired) electrons. The normalized spacial score (nSPS) is 21.0. The lowest BCUT2D eigenvalue weighted by atomic mass is 9.85. The summed E-state index contributed by atoms with van der Waals surface area (Å²) < 4.78 is 10.2.